The van der Waals surface area contributed by atoms with Crippen LogP contribution in [0.5, 0.6) is 11.5 Å². The molecule has 0 radical (unpaired) electrons. The Kier molecular flexibility index (Phi) is 3.28. The molecular weight excluding hydrogens is 198 g/mol. The average molecular weight is 209 g/mol. The molecule has 0 saturated heterocycles. The van der Waals surface area contributed by atoms with Gasteiger partial charge in [-0.05, 0) is 6.07 Å². The van der Waals surface area contributed by atoms with E-state index in [1.807, 2.05) is 0 Å². The fraction of sp³-hybridized carbons (Fsp3) is 0.200. The summed E-state index contributed by atoms with van der Waals surface area (Å²) in [4.78, 5) is 21.4. The van der Waals surface area contributed by atoms with E-state index in [-0.39, 0.29) is 23.0 Å². The molecule has 5 nitrogen and oxygen atoms in total. The van der Waals surface area contributed by atoms with Crippen LogP contribution >= 0.6 is 0 Å². The molecule has 15 heavy (non-hydrogen) atoms. The first-order valence-electron chi connectivity index (χ1n) is 4.22. The van der Waals surface area contributed by atoms with Gasteiger partial charge >= 0.3 is 0 Å². The summed E-state index contributed by atoms with van der Waals surface area (Å²) in [7, 11) is 1.36. The van der Waals surface area contributed by atoms with Gasteiger partial charge in [0, 0.05) is 18.7 Å². The summed E-state index contributed by atoms with van der Waals surface area (Å²) in [6, 6.07) is 2.80. The van der Waals surface area contributed by atoms with Crippen molar-refractivity contribution in [2.45, 2.75) is 6.92 Å². The number of phenolic OH excluding ortho intramolecular Hbond substituents is 1. The van der Waals surface area contributed by atoms with Crippen molar-refractivity contribution in [3.8, 4) is 11.5 Å². The van der Waals surface area contributed by atoms with E-state index in [0.717, 1.165) is 0 Å². The molecule has 1 aromatic carbocycles. The van der Waals surface area contributed by atoms with Gasteiger partial charge in [-0.1, -0.05) is 0 Å². The van der Waals surface area contributed by atoms with Gasteiger partial charge in [-0.3, -0.25) is 9.59 Å². The van der Waals surface area contributed by atoms with E-state index in [4.69, 9.17) is 4.74 Å². The molecule has 1 rings (SSSR count). The van der Waals surface area contributed by atoms with Crippen LogP contribution in [-0.4, -0.2) is 24.4 Å². The summed E-state index contributed by atoms with van der Waals surface area (Å²) >= 11 is 0. The number of methoxy groups -OCH3 is 1. The SMILES string of the molecule is COc1cc(NC(C)=O)cc(C=O)c1O. The maximum absolute atomic E-state index is 10.8. The molecule has 0 aliphatic carbocycles. The predicted octanol–water partition coefficient (Wildman–Crippen LogP) is 1.17. The lowest BCUT2D eigenvalue weighted by Crippen LogP contribution is -2.06. The standard InChI is InChI=1S/C10H11NO4/c1-6(13)11-8-3-7(5-12)10(14)9(4-8)15-2/h3-5,14H,1-2H3,(H,11,13). The topological polar surface area (TPSA) is 75.6 Å². The van der Waals surface area contributed by atoms with Crippen molar-refractivity contribution < 1.29 is 19.4 Å². The van der Waals surface area contributed by atoms with Gasteiger partial charge < -0.3 is 15.2 Å². The van der Waals surface area contributed by atoms with Gasteiger partial charge in [0.2, 0.25) is 5.91 Å². The number of phenols is 1. The normalized spacial score (nSPS) is 9.47. The van der Waals surface area contributed by atoms with E-state index in [0.29, 0.717) is 12.0 Å². The number of aromatic hydroxyl groups is 1. The number of rotatable bonds is 3. The van der Waals surface area contributed by atoms with E-state index in [1.165, 1.54) is 26.2 Å². The van der Waals surface area contributed by atoms with Gasteiger partial charge in [0.1, 0.15) is 0 Å². The van der Waals surface area contributed by atoms with Crippen LogP contribution in [0.25, 0.3) is 0 Å². The van der Waals surface area contributed by atoms with Gasteiger partial charge in [0.15, 0.2) is 17.8 Å². The van der Waals surface area contributed by atoms with Gasteiger partial charge in [0.25, 0.3) is 0 Å². The lowest BCUT2D eigenvalue weighted by atomic mass is 10.1. The number of anilines is 1. The van der Waals surface area contributed by atoms with Crippen LogP contribution in [0.1, 0.15) is 17.3 Å². The number of amides is 1. The molecule has 0 spiro atoms. The fourth-order valence-corrected chi connectivity index (χ4v) is 1.15. The quantitative estimate of drug-likeness (QED) is 0.578. The Bertz CT molecular complexity index is 401. The maximum Gasteiger partial charge on any atom is 0.221 e. The Morgan fingerprint density at radius 1 is 1.53 bits per heavy atom. The molecule has 0 saturated carbocycles. The molecule has 1 aromatic rings. The average Bonchev–Trinajstić information content (AvgIpc) is 2.19. The van der Waals surface area contributed by atoms with Crippen LogP contribution in [0.2, 0.25) is 0 Å². The minimum Gasteiger partial charge on any atom is -0.504 e. The Morgan fingerprint density at radius 3 is 2.67 bits per heavy atom. The Morgan fingerprint density at radius 2 is 2.20 bits per heavy atom. The zero-order valence-corrected chi connectivity index (χ0v) is 8.40. The molecule has 2 N–H and O–H groups in total. The van der Waals surface area contributed by atoms with Gasteiger partial charge in [-0.25, -0.2) is 0 Å². The van der Waals surface area contributed by atoms with E-state index >= 15 is 0 Å². The van der Waals surface area contributed by atoms with Crippen molar-refractivity contribution in [2.75, 3.05) is 12.4 Å². The third kappa shape index (κ3) is 2.46. The zero-order valence-electron chi connectivity index (χ0n) is 8.40. The van der Waals surface area contributed by atoms with Crippen molar-refractivity contribution in [1.29, 1.82) is 0 Å². The van der Waals surface area contributed by atoms with Gasteiger partial charge in [-0.2, -0.15) is 0 Å². The molecular formula is C10H11NO4. The smallest absolute Gasteiger partial charge is 0.221 e. The summed E-state index contributed by atoms with van der Waals surface area (Å²) in [6.07, 6.45) is 0.489. The summed E-state index contributed by atoms with van der Waals surface area (Å²) in [5.41, 5.74) is 0.470. The maximum atomic E-state index is 10.8. The van der Waals surface area contributed by atoms with E-state index < -0.39 is 0 Å². The van der Waals surface area contributed by atoms with Gasteiger partial charge in [-0.15, -0.1) is 0 Å². The highest BCUT2D eigenvalue weighted by atomic mass is 16.5. The number of aldehydes is 1. The van der Waals surface area contributed by atoms with E-state index in [1.54, 1.807) is 0 Å². The number of carbonyl (C=O) groups is 2. The molecule has 0 heterocycles. The van der Waals surface area contributed by atoms with E-state index in [2.05, 4.69) is 5.32 Å². The van der Waals surface area contributed by atoms with Crippen LogP contribution in [0, 0.1) is 0 Å². The second kappa shape index (κ2) is 4.45. The number of nitrogens with one attached hydrogen (secondary N) is 1. The van der Waals surface area contributed by atoms with Crippen LogP contribution < -0.4 is 10.1 Å². The van der Waals surface area contributed by atoms with Crippen LogP contribution in [0.15, 0.2) is 12.1 Å². The molecule has 5 heteroatoms. The molecule has 0 bridgehead atoms. The van der Waals surface area contributed by atoms with E-state index in [9.17, 15) is 14.7 Å². The number of benzene rings is 1. The van der Waals surface area contributed by atoms with Crippen LogP contribution in [0.3, 0.4) is 0 Å². The number of hydrogen-bond acceptors (Lipinski definition) is 4. The second-order valence-electron chi connectivity index (χ2n) is 2.92. The van der Waals surface area contributed by atoms with Crippen molar-refractivity contribution in [2.24, 2.45) is 0 Å². The minimum atomic E-state index is -0.264. The predicted molar refractivity (Wildman–Crippen MR) is 54.4 cm³/mol. The first kappa shape index (κ1) is 11.0. The van der Waals surface area contributed by atoms with Crippen molar-refractivity contribution in [3.63, 3.8) is 0 Å². The molecule has 80 valence electrons. The molecule has 1 amide bonds. The molecule has 0 fully saturated rings. The lowest BCUT2D eigenvalue weighted by Gasteiger charge is -2.09. The molecule has 0 aromatic heterocycles. The summed E-state index contributed by atoms with van der Waals surface area (Å²) < 4.78 is 4.85. The Hall–Kier alpha value is -2.04. The second-order valence-corrected chi connectivity index (χ2v) is 2.92. The molecule has 0 aliphatic heterocycles. The lowest BCUT2D eigenvalue weighted by molar-refractivity contribution is -0.114. The Labute approximate surface area is 86.7 Å². The molecule has 0 aliphatic rings. The molecule has 0 atom stereocenters. The van der Waals surface area contributed by atoms with Crippen molar-refractivity contribution in [3.05, 3.63) is 17.7 Å². The Balaban J connectivity index is 3.20. The highest BCUT2D eigenvalue weighted by molar-refractivity contribution is 5.91. The highest BCUT2D eigenvalue weighted by Gasteiger charge is 2.10. The van der Waals surface area contributed by atoms with Crippen LogP contribution in [-0.2, 0) is 4.79 Å². The monoisotopic (exact) mass is 209 g/mol. The first-order valence-corrected chi connectivity index (χ1v) is 4.22. The highest BCUT2D eigenvalue weighted by Crippen LogP contribution is 2.32. The largest absolute Gasteiger partial charge is 0.504 e. The fourth-order valence-electron chi connectivity index (χ4n) is 1.15. The third-order valence-electron chi connectivity index (χ3n) is 1.77. The zero-order chi connectivity index (χ0) is 11.4. The van der Waals surface area contributed by atoms with Crippen LogP contribution in [0.4, 0.5) is 5.69 Å². The summed E-state index contributed by atoms with van der Waals surface area (Å²) in [5.74, 6) is -0.357. The molecule has 0 unspecified atom stereocenters. The van der Waals surface area contributed by atoms with Gasteiger partial charge in [0.05, 0.1) is 12.7 Å². The number of hydrogen-bond donors (Lipinski definition) is 2. The minimum absolute atomic E-state index is 0.0677. The summed E-state index contributed by atoms with van der Waals surface area (Å²) in [6.45, 7) is 1.35. The van der Waals surface area contributed by atoms with Crippen molar-refractivity contribution in [1.82, 2.24) is 0 Å². The third-order valence-corrected chi connectivity index (χ3v) is 1.77. The number of ether oxygens (including phenoxy) is 1. The summed E-state index contributed by atoms with van der Waals surface area (Å²) in [5, 5.41) is 12.0. The number of carbonyl (C=O) groups excluding carboxylic acids is 2. The first-order chi connectivity index (χ1) is 7.08. The van der Waals surface area contributed by atoms with Crippen molar-refractivity contribution >= 4 is 17.9 Å².